The number of aromatic nitrogens is 1. The van der Waals surface area contributed by atoms with E-state index in [0.717, 1.165) is 18.5 Å². The van der Waals surface area contributed by atoms with E-state index in [1.165, 1.54) is 57.8 Å². The molecule has 0 aliphatic rings. The lowest BCUT2D eigenvalue weighted by Gasteiger charge is -2.07. The van der Waals surface area contributed by atoms with Crippen LogP contribution in [0, 0.1) is 0 Å². The first-order chi connectivity index (χ1) is 9.34. The molecule has 1 atom stereocenters. The van der Waals surface area contributed by atoms with Crippen molar-refractivity contribution in [1.29, 1.82) is 0 Å². The summed E-state index contributed by atoms with van der Waals surface area (Å²) in [5.41, 5.74) is 2.64. The normalized spacial score (nSPS) is 12.7. The van der Waals surface area contributed by atoms with Crippen molar-refractivity contribution in [3.63, 3.8) is 0 Å². The van der Waals surface area contributed by atoms with E-state index >= 15 is 0 Å². The summed E-state index contributed by atoms with van der Waals surface area (Å²) >= 11 is 1.56. The van der Waals surface area contributed by atoms with Gasteiger partial charge in [-0.15, -0.1) is 11.3 Å². The van der Waals surface area contributed by atoms with Crippen molar-refractivity contribution in [1.82, 2.24) is 4.98 Å². The molecular formula is C16H29NOS. The number of thiazole rings is 1. The predicted molar refractivity (Wildman–Crippen MR) is 83.5 cm³/mol. The first-order valence-corrected chi connectivity index (χ1v) is 8.85. The molecular weight excluding hydrogens is 254 g/mol. The summed E-state index contributed by atoms with van der Waals surface area (Å²) in [4.78, 5) is 4.15. The van der Waals surface area contributed by atoms with Crippen molar-refractivity contribution >= 4 is 11.3 Å². The Hall–Kier alpha value is -0.410. The summed E-state index contributed by atoms with van der Waals surface area (Å²) in [6.07, 6.45) is 13.9. The van der Waals surface area contributed by atoms with Crippen molar-refractivity contribution < 1.29 is 5.11 Å². The summed E-state index contributed by atoms with van der Waals surface area (Å²) in [5, 5.41) is 11.8. The zero-order valence-electron chi connectivity index (χ0n) is 12.3. The van der Waals surface area contributed by atoms with Crippen LogP contribution in [-0.2, 0) is 0 Å². The molecule has 1 N–H and O–H groups in total. The summed E-state index contributed by atoms with van der Waals surface area (Å²) in [7, 11) is 0. The monoisotopic (exact) mass is 283 g/mol. The molecule has 0 bridgehead atoms. The standard InChI is InChI=1S/C16H29NOS/c1-2-3-4-5-6-7-8-9-10-11-12-16(18)15-13-19-14-17-15/h13-14,16,18H,2-12H2,1H3. The Balaban J connectivity index is 1.83. The topological polar surface area (TPSA) is 33.1 Å². The zero-order valence-corrected chi connectivity index (χ0v) is 13.1. The lowest BCUT2D eigenvalue weighted by molar-refractivity contribution is 0.159. The fourth-order valence-electron chi connectivity index (χ4n) is 2.36. The third-order valence-corrected chi connectivity index (χ3v) is 4.23. The average molecular weight is 283 g/mol. The quantitative estimate of drug-likeness (QED) is 0.515. The van der Waals surface area contributed by atoms with Crippen LogP contribution in [0.25, 0.3) is 0 Å². The van der Waals surface area contributed by atoms with Gasteiger partial charge in [0.15, 0.2) is 0 Å². The minimum atomic E-state index is -0.347. The van der Waals surface area contributed by atoms with Crippen molar-refractivity contribution in [3.8, 4) is 0 Å². The highest BCUT2D eigenvalue weighted by Gasteiger charge is 2.08. The van der Waals surface area contributed by atoms with Crippen LogP contribution >= 0.6 is 11.3 Å². The van der Waals surface area contributed by atoms with E-state index in [9.17, 15) is 5.11 Å². The van der Waals surface area contributed by atoms with Crippen LogP contribution in [0.15, 0.2) is 10.9 Å². The molecule has 0 spiro atoms. The van der Waals surface area contributed by atoms with E-state index in [-0.39, 0.29) is 6.10 Å². The molecule has 0 radical (unpaired) electrons. The van der Waals surface area contributed by atoms with Gasteiger partial charge in [0.1, 0.15) is 0 Å². The van der Waals surface area contributed by atoms with Gasteiger partial charge in [-0.2, -0.15) is 0 Å². The third kappa shape index (κ3) is 8.38. The molecule has 0 saturated heterocycles. The van der Waals surface area contributed by atoms with Gasteiger partial charge < -0.3 is 5.11 Å². The number of hydrogen-bond acceptors (Lipinski definition) is 3. The lowest BCUT2D eigenvalue weighted by Crippen LogP contribution is -1.97. The molecule has 0 aliphatic carbocycles. The molecule has 0 fully saturated rings. The summed E-state index contributed by atoms with van der Waals surface area (Å²) in [6, 6.07) is 0. The third-order valence-electron chi connectivity index (χ3n) is 3.62. The zero-order chi connectivity index (χ0) is 13.8. The molecule has 0 aliphatic heterocycles. The number of aliphatic hydroxyl groups excluding tert-OH is 1. The molecule has 1 rings (SSSR count). The summed E-state index contributed by atoms with van der Waals surface area (Å²) in [5.74, 6) is 0. The second kappa shape index (κ2) is 11.4. The van der Waals surface area contributed by atoms with Gasteiger partial charge in [0.25, 0.3) is 0 Å². The fraction of sp³-hybridized carbons (Fsp3) is 0.812. The molecule has 1 unspecified atom stereocenters. The Morgan fingerprint density at radius 1 is 1.00 bits per heavy atom. The Kier molecular flexibility index (Phi) is 10.0. The van der Waals surface area contributed by atoms with E-state index in [2.05, 4.69) is 11.9 Å². The van der Waals surface area contributed by atoms with E-state index < -0.39 is 0 Å². The van der Waals surface area contributed by atoms with Crippen LogP contribution in [0.5, 0.6) is 0 Å². The fourth-order valence-corrected chi connectivity index (χ4v) is 2.96. The van der Waals surface area contributed by atoms with E-state index in [1.807, 2.05) is 5.38 Å². The number of aliphatic hydroxyl groups is 1. The lowest BCUT2D eigenvalue weighted by atomic mass is 10.0. The highest BCUT2D eigenvalue weighted by Crippen LogP contribution is 2.20. The first-order valence-electron chi connectivity index (χ1n) is 7.90. The van der Waals surface area contributed by atoms with Gasteiger partial charge in [-0.1, -0.05) is 71.1 Å². The molecule has 0 saturated carbocycles. The molecule has 3 heteroatoms. The predicted octanol–water partition coefficient (Wildman–Crippen LogP) is 5.49. The molecule has 1 aromatic rings. The van der Waals surface area contributed by atoms with Crippen molar-refractivity contribution in [2.45, 2.75) is 83.7 Å². The van der Waals surface area contributed by atoms with Crippen molar-refractivity contribution in [2.24, 2.45) is 0 Å². The van der Waals surface area contributed by atoms with Gasteiger partial charge in [0.05, 0.1) is 17.3 Å². The van der Waals surface area contributed by atoms with Gasteiger partial charge in [-0.05, 0) is 6.42 Å². The van der Waals surface area contributed by atoms with Crippen LogP contribution in [0.2, 0.25) is 0 Å². The van der Waals surface area contributed by atoms with Gasteiger partial charge >= 0.3 is 0 Å². The minimum absolute atomic E-state index is 0.347. The molecule has 2 nitrogen and oxygen atoms in total. The van der Waals surface area contributed by atoms with Crippen LogP contribution in [0.3, 0.4) is 0 Å². The Labute approximate surface area is 122 Å². The van der Waals surface area contributed by atoms with E-state index in [1.54, 1.807) is 16.8 Å². The largest absolute Gasteiger partial charge is 0.387 e. The number of rotatable bonds is 12. The van der Waals surface area contributed by atoms with E-state index in [4.69, 9.17) is 0 Å². The number of unbranched alkanes of at least 4 members (excludes halogenated alkanes) is 9. The number of nitrogens with zero attached hydrogens (tertiary/aromatic N) is 1. The second-order valence-corrected chi connectivity index (χ2v) is 6.12. The molecule has 0 aromatic carbocycles. The number of hydrogen-bond donors (Lipinski definition) is 1. The maximum absolute atomic E-state index is 9.88. The van der Waals surface area contributed by atoms with Crippen LogP contribution in [-0.4, -0.2) is 10.1 Å². The van der Waals surface area contributed by atoms with Gasteiger partial charge in [0.2, 0.25) is 0 Å². The maximum Gasteiger partial charge on any atom is 0.0968 e. The smallest absolute Gasteiger partial charge is 0.0968 e. The minimum Gasteiger partial charge on any atom is -0.387 e. The molecule has 110 valence electrons. The van der Waals surface area contributed by atoms with Gasteiger partial charge in [0, 0.05) is 5.38 Å². The summed E-state index contributed by atoms with van der Waals surface area (Å²) in [6.45, 7) is 2.26. The SMILES string of the molecule is CCCCCCCCCCCCC(O)c1cscn1. The Morgan fingerprint density at radius 3 is 2.11 bits per heavy atom. The van der Waals surface area contributed by atoms with Crippen LogP contribution in [0.1, 0.15) is 89.4 Å². The molecule has 0 amide bonds. The van der Waals surface area contributed by atoms with Crippen LogP contribution in [0.4, 0.5) is 0 Å². The van der Waals surface area contributed by atoms with Gasteiger partial charge in [-0.25, -0.2) is 4.98 Å². The Bertz CT molecular complexity index is 287. The molecule has 19 heavy (non-hydrogen) atoms. The molecule has 1 aromatic heterocycles. The first kappa shape index (κ1) is 16.6. The summed E-state index contributed by atoms with van der Waals surface area (Å²) < 4.78 is 0. The van der Waals surface area contributed by atoms with Crippen LogP contribution < -0.4 is 0 Å². The average Bonchev–Trinajstić information content (AvgIpc) is 2.95. The highest BCUT2D eigenvalue weighted by atomic mass is 32.1. The van der Waals surface area contributed by atoms with Gasteiger partial charge in [-0.3, -0.25) is 0 Å². The Morgan fingerprint density at radius 2 is 1.58 bits per heavy atom. The van der Waals surface area contributed by atoms with Crippen molar-refractivity contribution in [2.75, 3.05) is 0 Å². The molecule has 1 heterocycles. The van der Waals surface area contributed by atoms with E-state index in [0.29, 0.717) is 0 Å². The second-order valence-electron chi connectivity index (χ2n) is 5.40. The maximum atomic E-state index is 9.88. The van der Waals surface area contributed by atoms with Crippen molar-refractivity contribution in [3.05, 3.63) is 16.6 Å². The highest BCUT2D eigenvalue weighted by molar-refractivity contribution is 7.07.